The molecular weight excluding hydrogens is 330 g/mol. The zero-order valence-corrected chi connectivity index (χ0v) is 16.4. The summed E-state index contributed by atoms with van der Waals surface area (Å²) in [6.45, 7) is 7.07. The van der Waals surface area contributed by atoms with E-state index in [9.17, 15) is 9.59 Å². The van der Waals surface area contributed by atoms with Gasteiger partial charge in [-0.1, -0.05) is 12.5 Å². The van der Waals surface area contributed by atoms with E-state index in [4.69, 9.17) is 4.74 Å². The van der Waals surface area contributed by atoms with E-state index in [1.807, 2.05) is 0 Å². The van der Waals surface area contributed by atoms with Gasteiger partial charge < -0.3 is 15.0 Å². The van der Waals surface area contributed by atoms with Crippen molar-refractivity contribution in [1.29, 1.82) is 0 Å². The number of hydrogen-bond acceptors (Lipinski definition) is 4. The molecule has 1 N–H and O–H groups in total. The average Bonchev–Trinajstić information content (AvgIpc) is 2.65. The van der Waals surface area contributed by atoms with E-state index in [1.54, 1.807) is 38.4 Å². The van der Waals surface area contributed by atoms with Crippen molar-refractivity contribution in [2.75, 3.05) is 40.3 Å². The first-order valence-corrected chi connectivity index (χ1v) is 9.26. The van der Waals surface area contributed by atoms with E-state index in [0.717, 1.165) is 13.1 Å². The molecule has 6 heteroatoms. The predicted octanol–water partition coefficient (Wildman–Crippen LogP) is 2.15. The second kappa shape index (κ2) is 9.03. The van der Waals surface area contributed by atoms with Crippen LogP contribution in [0.3, 0.4) is 0 Å². The molecule has 1 fully saturated rings. The Bertz CT molecular complexity index is 622. The van der Waals surface area contributed by atoms with Crippen LogP contribution in [0.2, 0.25) is 0 Å². The molecule has 0 aliphatic carbocycles. The Hall–Kier alpha value is -2.08. The third-order valence-electron chi connectivity index (χ3n) is 4.85. The van der Waals surface area contributed by atoms with E-state index in [1.165, 1.54) is 24.2 Å². The maximum absolute atomic E-state index is 12.5. The summed E-state index contributed by atoms with van der Waals surface area (Å²) in [6, 6.07) is 6.94. The second-order valence-electron chi connectivity index (χ2n) is 7.65. The van der Waals surface area contributed by atoms with Gasteiger partial charge in [0.25, 0.3) is 11.8 Å². The van der Waals surface area contributed by atoms with Crippen molar-refractivity contribution in [3.8, 4) is 5.75 Å². The van der Waals surface area contributed by atoms with Crippen molar-refractivity contribution in [3.63, 3.8) is 0 Å². The Morgan fingerprint density at radius 3 is 2.54 bits per heavy atom. The molecule has 0 atom stereocenters. The lowest BCUT2D eigenvalue weighted by atomic mass is 9.98. The van der Waals surface area contributed by atoms with Gasteiger partial charge in [0.15, 0.2) is 6.61 Å². The summed E-state index contributed by atoms with van der Waals surface area (Å²) in [4.78, 5) is 28.0. The van der Waals surface area contributed by atoms with Gasteiger partial charge >= 0.3 is 0 Å². The highest BCUT2D eigenvalue weighted by Gasteiger charge is 2.28. The van der Waals surface area contributed by atoms with Crippen LogP contribution in [-0.4, -0.2) is 67.5 Å². The molecule has 1 saturated heterocycles. The SMILES string of the molecule is CN(C)C(=O)COc1cccc(C(=O)NCC(C)(C)N2CCCCC2)c1. The molecule has 0 bridgehead atoms. The first-order chi connectivity index (χ1) is 12.3. The molecule has 0 unspecified atom stereocenters. The van der Waals surface area contributed by atoms with Gasteiger partial charge in [-0.3, -0.25) is 14.5 Å². The Morgan fingerprint density at radius 1 is 1.19 bits per heavy atom. The number of likely N-dealkylation sites (tertiary alicyclic amines) is 1. The third kappa shape index (κ3) is 5.73. The van der Waals surface area contributed by atoms with Gasteiger partial charge in [0.2, 0.25) is 0 Å². The molecule has 26 heavy (non-hydrogen) atoms. The average molecular weight is 361 g/mol. The topological polar surface area (TPSA) is 61.9 Å². The minimum atomic E-state index is -0.125. The van der Waals surface area contributed by atoms with Crippen LogP contribution < -0.4 is 10.1 Å². The number of rotatable bonds is 7. The molecule has 144 valence electrons. The maximum Gasteiger partial charge on any atom is 0.259 e. The minimum Gasteiger partial charge on any atom is -0.484 e. The molecule has 0 radical (unpaired) electrons. The monoisotopic (exact) mass is 361 g/mol. The van der Waals surface area contributed by atoms with Gasteiger partial charge in [-0.25, -0.2) is 0 Å². The predicted molar refractivity (Wildman–Crippen MR) is 102 cm³/mol. The molecule has 0 saturated carbocycles. The summed E-state index contributed by atoms with van der Waals surface area (Å²) in [5.41, 5.74) is 0.469. The third-order valence-corrected chi connectivity index (χ3v) is 4.85. The van der Waals surface area contributed by atoms with Gasteiger partial charge in [0.1, 0.15) is 5.75 Å². The summed E-state index contributed by atoms with van der Waals surface area (Å²) in [5.74, 6) is 0.269. The van der Waals surface area contributed by atoms with E-state index >= 15 is 0 Å². The van der Waals surface area contributed by atoms with Crippen molar-refractivity contribution >= 4 is 11.8 Å². The molecule has 1 aromatic rings. The minimum absolute atomic E-state index is 0.0416. The summed E-state index contributed by atoms with van der Waals surface area (Å²) < 4.78 is 5.48. The Kier molecular flexibility index (Phi) is 7.03. The number of likely N-dealkylation sites (N-methyl/N-ethyl adjacent to an activating group) is 1. The molecule has 1 heterocycles. The number of piperidine rings is 1. The summed E-state index contributed by atoms with van der Waals surface area (Å²) in [7, 11) is 3.36. The number of hydrogen-bond donors (Lipinski definition) is 1. The van der Waals surface area contributed by atoms with Crippen LogP contribution in [0.5, 0.6) is 5.75 Å². The highest BCUT2D eigenvalue weighted by molar-refractivity contribution is 5.94. The lowest BCUT2D eigenvalue weighted by molar-refractivity contribution is -0.130. The number of nitrogens with zero attached hydrogens (tertiary/aromatic N) is 2. The fraction of sp³-hybridized carbons (Fsp3) is 0.600. The van der Waals surface area contributed by atoms with Gasteiger partial charge in [0.05, 0.1) is 0 Å². The molecule has 6 nitrogen and oxygen atoms in total. The smallest absolute Gasteiger partial charge is 0.259 e. The van der Waals surface area contributed by atoms with E-state index in [0.29, 0.717) is 17.9 Å². The van der Waals surface area contributed by atoms with Crippen molar-refractivity contribution in [3.05, 3.63) is 29.8 Å². The number of nitrogens with one attached hydrogen (secondary N) is 1. The van der Waals surface area contributed by atoms with E-state index in [2.05, 4.69) is 24.1 Å². The van der Waals surface area contributed by atoms with Gasteiger partial charge in [-0.2, -0.15) is 0 Å². The first-order valence-electron chi connectivity index (χ1n) is 9.26. The summed E-state index contributed by atoms with van der Waals surface area (Å²) >= 11 is 0. The van der Waals surface area contributed by atoms with Crippen LogP contribution in [0.4, 0.5) is 0 Å². The lowest BCUT2D eigenvalue weighted by Gasteiger charge is -2.41. The van der Waals surface area contributed by atoms with Crippen molar-refractivity contribution in [2.45, 2.75) is 38.6 Å². The highest BCUT2D eigenvalue weighted by atomic mass is 16.5. The number of benzene rings is 1. The highest BCUT2D eigenvalue weighted by Crippen LogP contribution is 2.20. The van der Waals surface area contributed by atoms with Crippen LogP contribution in [0.1, 0.15) is 43.5 Å². The molecule has 0 spiro atoms. The second-order valence-corrected chi connectivity index (χ2v) is 7.65. The number of ether oxygens (including phenoxy) is 1. The van der Waals surface area contributed by atoms with Gasteiger partial charge in [-0.15, -0.1) is 0 Å². The van der Waals surface area contributed by atoms with Crippen molar-refractivity contribution < 1.29 is 14.3 Å². The summed E-state index contributed by atoms with van der Waals surface area (Å²) in [5, 5.41) is 3.04. The van der Waals surface area contributed by atoms with Crippen molar-refractivity contribution in [1.82, 2.24) is 15.1 Å². The van der Waals surface area contributed by atoms with Crippen LogP contribution >= 0.6 is 0 Å². The largest absolute Gasteiger partial charge is 0.484 e. The molecular formula is C20H31N3O3. The number of carbonyl (C=O) groups excluding carboxylic acids is 2. The van der Waals surface area contributed by atoms with E-state index in [-0.39, 0.29) is 24.0 Å². The van der Waals surface area contributed by atoms with E-state index < -0.39 is 0 Å². The lowest BCUT2D eigenvalue weighted by Crippen LogP contribution is -2.53. The Labute approximate surface area is 156 Å². The Balaban J connectivity index is 1.90. The quantitative estimate of drug-likeness (QED) is 0.808. The van der Waals surface area contributed by atoms with Crippen LogP contribution in [-0.2, 0) is 4.79 Å². The van der Waals surface area contributed by atoms with Crippen molar-refractivity contribution in [2.24, 2.45) is 0 Å². The van der Waals surface area contributed by atoms with Gasteiger partial charge in [-0.05, 0) is 58.0 Å². The maximum atomic E-state index is 12.5. The zero-order valence-electron chi connectivity index (χ0n) is 16.4. The molecule has 1 aliphatic heterocycles. The molecule has 1 aliphatic rings. The normalized spacial score (nSPS) is 15.4. The zero-order chi connectivity index (χ0) is 19.2. The van der Waals surface area contributed by atoms with Crippen LogP contribution in [0, 0.1) is 0 Å². The number of amides is 2. The molecule has 0 aromatic heterocycles. The summed E-state index contributed by atoms with van der Waals surface area (Å²) in [6.07, 6.45) is 3.74. The Morgan fingerprint density at radius 2 is 1.88 bits per heavy atom. The molecule has 2 amide bonds. The molecule has 2 rings (SSSR count). The molecule has 1 aromatic carbocycles. The number of carbonyl (C=O) groups is 2. The first kappa shape index (κ1) is 20.2. The van der Waals surface area contributed by atoms with Crippen LogP contribution in [0.15, 0.2) is 24.3 Å². The van der Waals surface area contributed by atoms with Crippen LogP contribution in [0.25, 0.3) is 0 Å². The van der Waals surface area contributed by atoms with Gasteiger partial charge in [0, 0.05) is 31.7 Å². The standard InChI is InChI=1S/C20H31N3O3/c1-20(2,23-11-6-5-7-12-23)15-21-19(25)16-9-8-10-17(13-16)26-14-18(24)22(3)4/h8-10,13H,5-7,11-12,14-15H2,1-4H3,(H,21,25). The fourth-order valence-corrected chi connectivity index (χ4v) is 3.01. The fourth-order valence-electron chi connectivity index (χ4n) is 3.01.